The van der Waals surface area contributed by atoms with Crippen LogP contribution in [0.3, 0.4) is 0 Å². The fourth-order valence-corrected chi connectivity index (χ4v) is 2.77. The van der Waals surface area contributed by atoms with Gasteiger partial charge in [0.25, 0.3) is 0 Å². The van der Waals surface area contributed by atoms with Crippen LogP contribution in [0.25, 0.3) is 0 Å². The molecule has 1 aromatic rings. The Hall–Kier alpha value is -1.32. The van der Waals surface area contributed by atoms with Crippen molar-refractivity contribution in [1.29, 1.82) is 0 Å². The predicted molar refractivity (Wildman–Crippen MR) is 94.2 cm³/mol. The van der Waals surface area contributed by atoms with Gasteiger partial charge < -0.3 is 14.0 Å². The normalized spacial score (nSPS) is 19.6. The minimum atomic E-state index is -3.52. The molecule has 0 radical (unpaired) electrons. The van der Waals surface area contributed by atoms with E-state index in [9.17, 15) is 8.42 Å². The lowest BCUT2D eigenvalue weighted by Crippen LogP contribution is -2.41. The molecule has 2 heterocycles. The molecule has 1 aliphatic rings. The third-order valence-corrected chi connectivity index (χ3v) is 6.21. The zero-order chi connectivity index (χ0) is 18.3. The third-order valence-electron chi connectivity index (χ3n) is 4.46. The van der Waals surface area contributed by atoms with E-state index in [1.54, 1.807) is 26.1 Å². The van der Waals surface area contributed by atoms with Crippen molar-refractivity contribution < 1.29 is 22.5 Å². The Balaban J connectivity index is 2.37. The number of nitrogens with zero attached hydrogens (tertiary/aromatic N) is 1. The average Bonchev–Trinajstić information content (AvgIpc) is 2.67. The Morgan fingerprint density at radius 1 is 1.21 bits per heavy atom. The van der Waals surface area contributed by atoms with E-state index >= 15 is 0 Å². The van der Waals surface area contributed by atoms with Crippen LogP contribution in [0.15, 0.2) is 12.3 Å². The number of ether oxygens (including phenoxy) is 1. The molecule has 0 aliphatic carbocycles. The van der Waals surface area contributed by atoms with E-state index in [2.05, 4.69) is 9.71 Å². The molecule has 0 aromatic carbocycles. The van der Waals surface area contributed by atoms with Crippen LogP contribution in [-0.2, 0) is 19.3 Å². The number of pyridine rings is 1. The van der Waals surface area contributed by atoms with Crippen LogP contribution in [0.1, 0.15) is 41.5 Å². The molecule has 0 atom stereocenters. The van der Waals surface area contributed by atoms with Crippen molar-refractivity contribution in [1.82, 2.24) is 4.98 Å². The van der Waals surface area contributed by atoms with Gasteiger partial charge >= 0.3 is 7.12 Å². The summed E-state index contributed by atoms with van der Waals surface area (Å²) in [5.74, 6) is 0.194. The van der Waals surface area contributed by atoms with Gasteiger partial charge in [-0.05, 0) is 47.6 Å². The lowest BCUT2D eigenvalue weighted by molar-refractivity contribution is 0.00578. The van der Waals surface area contributed by atoms with Crippen LogP contribution in [-0.4, -0.2) is 44.1 Å². The zero-order valence-corrected chi connectivity index (χ0v) is 16.0. The van der Waals surface area contributed by atoms with E-state index in [1.165, 1.54) is 7.11 Å². The summed E-state index contributed by atoms with van der Waals surface area (Å²) < 4.78 is 43.9. The summed E-state index contributed by atoms with van der Waals surface area (Å²) >= 11 is 0. The second-order valence-corrected chi connectivity index (χ2v) is 9.35. The predicted octanol–water partition coefficient (Wildman–Crippen LogP) is 1.54. The molecule has 0 bridgehead atoms. The van der Waals surface area contributed by atoms with Crippen LogP contribution < -0.4 is 14.9 Å². The van der Waals surface area contributed by atoms with Crippen molar-refractivity contribution >= 4 is 28.3 Å². The van der Waals surface area contributed by atoms with Gasteiger partial charge in [-0.2, -0.15) is 0 Å². The van der Waals surface area contributed by atoms with E-state index < -0.39 is 33.6 Å². The molecular weight excluding hydrogens is 331 g/mol. The summed E-state index contributed by atoms with van der Waals surface area (Å²) in [5.41, 5.74) is -0.0981. The van der Waals surface area contributed by atoms with Crippen molar-refractivity contribution in [2.45, 2.75) is 58.0 Å². The van der Waals surface area contributed by atoms with Crippen molar-refractivity contribution in [2.24, 2.45) is 0 Å². The van der Waals surface area contributed by atoms with Gasteiger partial charge in [-0.25, -0.2) is 13.4 Å². The van der Waals surface area contributed by atoms with E-state index in [4.69, 9.17) is 14.0 Å². The summed E-state index contributed by atoms with van der Waals surface area (Å²) in [6.07, 6.45) is 1.56. The number of methoxy groups -OCH3 is 1. The van der Waals surface area contributed by atoms with Gasteiger partial charge in [-0.3, -0.25) is 4.72 Å². The molecule has 1 aliphatic heterocycles. The SMILES string of the molecule is COc1ncc(B2OC(C)(C)C(C)(C)O2)cc1NS(=O)(=O)C(C)C. The molecule has 0 spiro atoms. The highest BCUT2D eigenvalue weighted by molar-refractivity contribution is 7.93. The molecule has 1 aromatic heterocycles. The Morgan fingerprint density at radius 2 is 1.75 bits per heavy atom. The molecule has 1 N–H and O–H groups in total. The van der Waals surface area contributed by atoms with Gasteiger partial charge in [-0.15, -0.1) is 0 Å². The summed E-state index contributed by atoms with van der Waals surface area (Å²) in [4.78, 5) is 4.17. The molecule has 0 amide bonds. The first kappa shape index (κ1) is 19.0. The van der Waals surface area contributed by atoms with Gasteiger partial charge in [0, 0.05) is 11.7 Å². The summed E-state index contributed by atoms with van der Waals surface area (Å²) in [6, 6.07) is 1.63. The standard InChI is InChI=1S/C15H25BN2O5S/c1-10(2)24(19,20)18-12-8-11(9-17-13(12)21-7)16-22-14(3,4)15(5,6)23-16/h8-10,18H,1-7H3. The second kappa shape index (κ2) is 6.20. The molecule has 2 rings (SSSR count). The molecule has 24 heavy (non-hydrogen) atoms. The van der Waals surface area contributed by atoms with E-state index in [0.29, 0.717) is 5.46 Å². The summed E-state index contributed by atoms with van der Waals surface area (Å²) in [5, 5.41) is -0.581. The fraction of sp³-hybridized carbons (Fsp3) is 0.667. The van der Waals surface area contributed by atoms with Crippen LogP contribution in [0, 0.1) is 0 Å². The van der Waals surface area contributed by atoms with E-state index in [1.807, 2.05) is 27.7 Å². The highest BCUT2D eigenvalue weighted by Gasteiger charge is 2.52. The Bertz CT molecular complexity index is 703. The second-order valence-electron chi connectivity index (χ2n) is 7.11. The molecule has 1 saturated heterocycles. The Morgan fingerprint density at radius 3 is 2.21 bits per heavy atom. The number of hydrogen-bond donors (Lipinski definition) is 1. The molecule has 0 saturated carbocycles. The van der Waals surface area contributed by atoms with Gasteiger partial charge in [0.15, 0.2) is 0 Å². The summed E-state index contributed by atoms with van der Waals surface area (Å²) in [6.45, 7) is 11.0. The summed E-state index contributed by atoms with van der Waals surface area (Å²) in [7, 11) is -2.72. The first-order valence-corrected chi connectivity index (χ1v) is 9.35. The fourth-order valence-electron chi connectivity index (χ4n) is 2.08. The Labute approximate surface area is 144 Å². The first-order valence-electron chi connectivity index (χ1n) is 7.81. The van der Waals surface area contributed by atoms with Gasteiger partial charge in [0.1, 0.15) is 5.69 Å². The number of anilines is 1. The maximum atomic E-state index is 12.1. The highest BCUT2D eigenvalue weighted by Crippen LogP contribution is 2.36. The van der Waals surface area contributed by atoms with Gasteiger partial charge in [0.2, 0.25) is 15.9 Å². The topological polar surface area (TPSA) is 86.8 Å². The smallest absolute Gasteiger partial charge is 0.480 e. The lowest BCUT2D eigenvalue weighted by Gasteiger charge is -2.32. The van der Waals surface area contributed by atoms with Crippen molar-refractivity contribution in [3.63, 3.8) is 0 Å². The number of aromatic nitrogens is 1. The molecule has 7 nitrogen and oxygen atoms in total. The number of nitrogens with one attached hydrogen (secondary N) is 1. The lowest BCUT2D eigenvalue weighted by atomic mass is 9.80. The molecular formula is C15H25BN2O5S. The van der Waals surface area contributed by atoms with Gasteiger partial charge in [-0.1, -0.05) is 0 Å². The van der Waals surface area contributed by atoms with Crippen molar-refractivity contribution in [3.05, 3.63) is 12.3 Å². The molecule has 9 heteroatoms. The van der Waals surface area contributed by atoms with Crippen molar-refractivity contribution in [3.8, 4) is 5.88 Å². The third kappa shape index (κ3) is 3.53. The molecule has 1 fully saturated rings. The maximum absolute atomic E-state index is 12.1. The van der Waals surface area contributed by atoms with Gasteiger partial charge in [0.05, 0.1) is 23.6 Å². The highest BCUT2D eigenvalue weighted by atomic mass is 32.2. The van der Waals surface area contributed by atoms with E-state index in [-0.39, 0.29) is 11.6 Å². The average molecular weight is 356 g/mol. The minimum absolute atomic E-state index is 0.194. The zero-order valence-electron chi connectivity index (χ0n) is 15.2. The minimum Gasteiger partial charge on any atom is -0.480 e. The molecule has 0 unspecified atom stereocenters. The first-order chi connectivity index (χ1) is 10.9. The van der Waals surface area contributed by atoms with Crippen LogP contribution in [0.5, 0.6) is 5.88 Å². The van der Waals surface area contributed by atoms with Crippen LogP contribution >= 0.6 is 0 Å². The number of hydrogen-bond acceptors (Lipinski definition) is 6. The number of sulfonamides is 1. The quantitative estimate of drug-likeness (QED) is 0.806. The van der Waals surface area contributed by atoms with Crippen LogP contribution in [0.2, 0.25) is 0 Å². The monoisotopic (exact) mass is 356 g/mol. The number of rotatable bonds is 5. The maximum Gasteiger partial charge on any atom is 0.496 e. The largest absolute Gasteiger partial charge is 0.496 e. The molecule has 134 valence electrons. The van der Waals surface area contributed by atoms with Crippen LogP contribution in [0.4, 0.5) is 5.69 Å². The Kier molecular flexibility index (Phi) is 4.91. The van der Waals surface area contributed by atoms with Crippen molar-refractivity contribution in [2.75, 3.05) is 11.8 Å². The van der Waals surface area contributed by atoms with E-state index in [0.717, 1.165) is 0 Å².